The number of likely N-dealkylation sites (tertiary alicyclic amines) is 1. The maximum Gasteiger partial charge on any atom is 0.271 e. The lowest BCUT2D eigenvalue weighted by Gasteiger charge is -2.55. The van der Waals surface area contributed by atoms with Crippen LogP contribution in [0.3, 0.4) is 0 Å². The van der Waals surface area contributed by atoms with Gasteiger partial charge in [0.05, 0.1) is 40.8 Å². The fourth-order valence-corrected chi connectivity index (χ4v) is 10.5. The molecule has 9 rings (SSSR count). The highest BCUT2D eigenvalue weighted by atomic mass is 35.5. The van der Waals surface area contributed by atoms with Crippen molar-refractivity contribution < 1.29 is 33.1 Å². The summed E-state index contributed by atoms with van der Waals surface area (Å²) >= 11 is 6.17. The van der Waals surface area contributed by atoms with Gasteiger partial charge >= 0.3 is 0 Å². The first kappa shape index (κ1) is 40.1. The number of carbonyl (C=O) groups is 5. The van der Waals surface area contributed by atoms with E-state index < -0.39 is 35.5 Å². The van der Waals surface area contributed by atoms with Gasteiger partial charge < -0.3 is 24.4 Å². The van der Waals surface area contributed by atoms with Crippen molar-refractivity contribution in [2.24, 2.45) is 11.3 Å². The largest absolute Gasteiger partial charge is 0.490 e. The molecule has 60 heavy (non-hydrogen) atoms. The molecule has 6 aliphatic rings. The molecule has 0 radical (unpaired) electrons. The number of imide groups is 2. The van der Waals surface area contributed by atoms with Gasteiger partial charge in [-0.15, -0.1) is 0 Å². The van der Waals surface area contributed by atoms with E-state index in [0.717, 1.165) is 94.8 Å². The van der Waals surface area contributed by atoms with Gasteiger partial charge in [0.25, 0.3) is 17.7 Å². The lowest BCUT2D eigenvalue weighted by molar-refractivity contribution is -0.136. The van der Waals surface area contributed by atoms with Gasteiger partial charge in [-0.3, -0.25) is 34.2 Å². The van der Waals surface area contributed by atoms with Gasteiger partial charge in [0, 0.05) is 49.8 Å². The fraction of sp³-hybridized carbons (Fsp3) is 0.523. The number of hydrogen-bond acceptors (Lipinski definition) is 9. The van der Waals surface area contributed by atoms with Gasteiger partial charge in [-0.05, 0) is 114 Å². The number of rotatable bonds is 9. The van der Waals surface area contributed by atoms with E-state index in [1.165, 1.54) is 6.07 Å². The number of halogens is 2. The number of hydrogen-bond donors (Lipinski definition) is 2. The molecule has 1 atom stereocenters. The summed E-state index contributed by atoms with van der Waals surface area (Å²) in [7, 11) is 0. The zero-order chi connectivity index (χ0) is 41.7. The highest BCUT2D eigenvalue weighted by Crippen LogP contribution is 2.45. The molecule has 0 bridgehead atoms. The molecule has 5 heterocycles. The third-order valence-electron chi connectivity index (χ3n) is 13.8. The van der Waals surface area contributed by atoms with E-state index >= 15 is 4.39 Å². The number of aromatic nitrogens is 2. The molecular weight excluding hydrogens is 791 g/mol. The number of piperidine rings is 2. The molecule has 14 nitrogen and oxygen atoms in total. The van der Waals surface area contributed by atoms with Crippen molar-refractivity contribution in [3.8, 4) is 5.75 Å². The average molecular weight is 839 g/mol. The van der Waals surface area contributed by atoms with Gasteiger partial charge in [0.2, 0.25) is 17.5 Å². The number of ether oxygens (including phenoxy) is 1. The minimum Gasteiger partial charge on any atom is -0.490 e. The van der Waals surface area contributed by atoms with Crippen molar-refractivity contribution in [1.29, 1.82) is 0 Å². The molecule has 3 saturated heterocycles. The van der Waals surface area contributed by atoms with Gasteiger partial charge in [0.15, 0.2) is 0 Å². The molecule has 2 aliphatic carbocycles. The summed E-state index contributed by atoms with van der Waals surface area (Å²) in [6.07, 6.45) is 13.4. The van der Waals surface area contributed by atoms with E-state index in [1.807, 2.05) is 11.1 Å². The number of carbonyl (C=O) groups excluding carboxylic acids is 5. The van der Waals surface area contributed by atoms with E-state index in [1.54, 1.807) is 24.5 Å². The molecule has 1 unspecified atom stereocenters. The highest BCUT2D eigenvalue weighted by molar-refractivity contribution is 6.33. The summed E-state index contributed by atoms with van der Waals surface area (Å²) in [5.41, 5.74) is 1.28. The number of fused-ring (bicyclic) bond motifs is 1. The third kappa shape index (κ3) is 7.87. The predicted octanol–water partition coefficient (Wildman–Crippen LogP) is 6.08. The lowest BCUT2D eigenvalue weighted by atomic mass is 9.71. The molecule has 1 spiro atoms. The van der Waals surface area contributed by atoms with Crippen LogP contribution in [0.2, 0.25) is 5.02 Å². The van der Waals surface area contributed by atoms with Gasteiger partial charge in [-0.1, -0.05) is 17.7 Å². The number of benzene rings is 2. The van der Waals surface area contributed by atoms with Crippen molar-refractivity contribution in [2.45, 2.75) is 101 Å². The van der Waals surface area contributed by atoms with E-state index in [9.17, 15) is 24.0 Å². The van der Waals surface area contributed by atoms with Crippen LogP contribution in [0.15, 0.2) is 42.9 Å². The summed E-state index contributed by atoms with van der Waals surface area (Å²) in [6.45, 7) is 11.5. The standard InChI is InChI=1S/C44H48ClFN8O6/c1-47-35-11-10-30(18-33(35)45)60-29-8-4-27(5-9-29)49-40(56)36-22-52(25-48-36)28-6-2-26(3-7-28)21-51-16-14-44(15-17-51)23-53(24-44)38-20-32-31(19-34(38)46)42(58)54(43(32)59)37-12-13-39(55)50-41(37)57/h10-11,18-20,22,25-29,37H,2-9,12-17,21,23-24H2,(H,49,56)(H,50,55,57). The number of anilines is 1. The Morgan fingerprint density at radius 3 is 2.37 bits per heavy atom. The van der Waals surface area contributed by atoms with Gasteiger partial charge in [-0.2, -0.15) is 0 Å². The van der Waals surface area contributed by atoms with Gasteiger partial charge in [-0.25, -0.2) is 14.2 Å². The van der Waals surface area contributed by atoms with Crippen molar-refractivity contribution in [3.05, 3.63) is 81.9 Å². The van der Waals surface area contributed by atoms with Crippen LogP contribution in [-0.4, -0.2) is 99.8 Å². The Balaban J connectivity index is 0.696. The van der Waals surface area contributed by atoms with Crippen molar-refractivity contribution in [1.82, 2.24) is 30.0 Å². The number of imidazole rings is 1. The summed E-state index contributed by atoms with van der Waals surface area (Å²) < 4.78 is 23.7. The molecule has 5 fully saturated rings. The molecule has 5 amide bonds. The van der Waals surface area contributed by atoms with E-state index in [0.29, 0.717) is 52.9 Å². The summed E-state index contributed by atoms with van der Waals surface area (Å²) in [4.78, 5) is 76.9. The zero-order valence-corrected chi connectivity index (χ0v) is 34.1. The van der Waals surface area contributed by atoms with E-state index in [-0.39, 0.29) is 47.4 Å². The molecule has 16 heteroatoms. The first-order valence-corrected chi connectivity index (χ1v) is 21.5. The van der Waals surface area contributed by atoms with Crippen LogP contribution in [0, 0.1) is 23.7 Å². The second kappa shape index (κ2) is 16.3. The normalized spacial score (nSPS) is 26.6. The Hall–Kier alpha value is -5.33. The van der Waals surface area contributed by atoms with Crippen molar-refractivity contribution in [2.75, 3.05) is 37.6 Å². The lowest BCUT2D eigenvalue weighted by Crippen LogP contribution is -2.61. The molecule has 3 aromatic rings. The van der Waals surface area contributed by atoms with Crippen molar-refractivity contribution >= 4 is 52.5 Å². The van der Waals surface area contributed by atoms with Crippen LogP contribution in [0.1, 0.15) is 114 Å². The monoisotopic (exact) mass is 838 g/mol. The highest BCUT2D eigenvalue weighted by Gasteiger charge is 2.48. The molecule has 4 aliphatic heterocycles. The van der Waals surface area contributed by atoms with Crippen LogP contribution in [0.25, 0.3) is 4.85 Å². The van der Waals surface area contributed by atoms with Crippen LogP contribution in [-0.2, 0) is 9.59 Å². The maximum absolute atomic E-state index is 15.4. The molecule has 2 N–H and O–H groups in total. The third-order valence-corrected chi connectivity index (χ3v) is 14.1. The minimum absolute atomic E-state index is 0.0244. The van der Waals surface area contributed by atoms with Crippen LogP contribution >= 0.6 is 11.6 Å². The molecular formula is C44H48ClFN8O6. The second-order valence-electron chi connectivity index (χ2n) is 17.6. The molecule has 1 aromatic heterocycles. The molecule has 2 aromatic carbocycles. The fourth-order valence-electron chi connectivity index (χ4n) is 10.3. The average Bonchev–Trinajstić information content (AvgIpc) is 3.81. The molecule has 2 saturated carbocycles. The maximum atomic E-state index is 15.4. The summed E-state index contributed by atoms with van der Waals surface area (Å²) in [6, 6.07) is 6.99. The van der Waals surface area contributed by atoms with E-state index in [2.05, 4.69) is 29.9 Å². The first-order valence-electron chi connectivity index (χ1n) is 21.2. The first-order chi connectivity index (χ1) is 29.0. The predicted molar refractivity (Wildman–Crippen MR) is 218 cm³/mol. The van der Waals surface area contributed by atoms with Crippen LogP contribution in [0.5, 0.6) is 5.75 Å². The quantitative estimate of drug-likeness (QED) is 0.193. The topological polar surface area (TPSA) is 151 Å². The van der Waals surface area contributed by atoms with Crippen LogP contribution in [0.4, 0.5) is 15.8 Å². The summed E-state index contributed by atoms with van der Waals surface area (Å²) in [5.74, 6) is -1.92. The Kier molecular flexibility index (Phi) is 10.9. The Bertz CT molecular complexity index is 2260. The molecule has 314 valence electrons. The minimum atomic E-state index is -1.09. The van der Waals surface area contributed by atoms with Gasteiger partial charge in [0.1, 0.15) is 23.3 Å². The summed E-state index contributed by atoms with van der Waals surface area (Å²) in [5, 5.41) is 5.74. The second-order valence-corrected chi connectivity index (χ2v) is 18.0. The number of nitrogens with zero attached hydrogens (tertiary/aromatic N) is 6. The number of nitrogens with one attached hydrogen (secondary N) is 2. The van der Waals surface area contributed by atoms with Crippen LogP contribution < -0.4 is 20.3 Å². The Morgan fingerprint density at radius 2 is 1.68 bits per heavy atom. The number of amides is 5. The Labute approximate surface area is 352 Å². The van der Waals surface area contributed by atoms with Crippen molar-refractivity contribution in [3.63, 3.8) is 0 Å². The smallest absolute Gasteiger partial charge is 0.271 e. The zero-order valence-electron chi connectivity index (χ0n) is 33.3. The van der Waals surface area contributed by atoms with E-state index in [4.69, 9.17) is 22.9 Å². The Morgan fingerprint density at radius 1 is 0.967 bits per heavy atom. The SMILES string of the molecule is [C-]#[N+]c1ccc(OC2CCC(NC(=O)c3cn(C4CCC(CN5CCC6(CC5)CN(c5cc7c(cc5F)C(=O)N(C5CCC(=O)NC5=O)C7=O)C6)CC4)cn3)CC2)cc1Cl.